The van der Waals surface area contributed by atoms with Gasteiger partial charge in [0.15, 0.2) is 0 Å². The van der Waals surface area contributed by atoms with Gasteiger partial charge in [0.2, 0.25) is 0 Å². The van der Waals surface area contributed by atoms with E-state index in [1.165, 1.54) is 0 Å². The molecule has 2 aromatic rings. The first kappa shape index (κ1) is 24.2. The van der Waals surface area contributed by atoms with Crippen molar-refractivity contribution >= 4 is 31.7 Å². The van der Waals surface area contributed by atoms with E-state index < -0.39 is 0 Å². The van der Waals surface area contributed by atoms with E-state index in [1.54, 1.807) is 31.2 Å². The third kappa shape index (κ3) is 6.17. The smallest absolute Gasteiger partial charge is 0.272 e. The van der Waals surface area contributed by atoms with Crippen LogP contribution < -0.4 is 0 Å². The van der Waals surface area contributed by atoms with Crippen molar-refractivity contribution in [3.63, 3.8) is 0 Å². The number of rotatable bonds is 5. The van der Waals surface area contributed by atoms with E-state index in [2.05, 4.69) is 0 Å². The van der Waals surface area contributed by atoms with Crippen LogP contribution in [0.3, 0.4) is 0 Å². The summed E-state index contributed by atoms with van der Waals surface area (Å²) in [5.41, 5.74) is 2.25. The second kappa shape index (κ2) is 12.4. The van der Waals surface area contributed by atoms with Crippen LogP contribution in [0.2, 0.25) is 0 Å². The van der Waals surface area contributed by atoms with Crippen molar-refractivity contribution in [1.82, 2.24) is 0 Å². The van der Waals surface area contributed by atoms with Crippen LogP contribution in [0.1, 0.15) is 23.6 Å². The molecule has 2 atom stereocenters. The topological polar surface area (TPSA) is 46.5 Å². The van der Waals surface area contributed by atoms with E-state index in [4.69, 9.17) is 4.74 Å². The second-order valence-corrected chi connectivity index (χ2v) is 4.13. The normalized spacial score (nSPS) is 10.1. The fraction of sp³-hybridized carbons (Fsp3) is 0.118. The minimum absolute atomic E-state index is 0. The van der Waals surface area contributed by atoms with Crippen LogP contribution in [-0.4, -0.2) is 18.0 Å². The average molecular weight is 442 g/mol. The van der Waals surface area contributed by atoms with Gasteiger partial charge < -0.3 is 14.6 Å². The minimum Gasteiger partial charge on any atom is -0.481 e. The molecule has 23 heavy (non-hydrogen) atoms. The number of aliphatic hydroxyl groups is 1. The minimum atomic E-state index is -0.193. The largest absolute Gasteiger partial charge is 0.481 e. The molecule has 0 aliphatic heterocycles. The molecule has 0 amide bonds. The maximum atomic E-state index is 11.1. The van der Waals surface area contributed by atoms with Crippen molar-refractivity contribution in [3.8, 4) is 0 Å². The van der Waals surface area contributed by atoms with Gasteiger partial charge in [-0.3, -0.25) is 0 Å². The van der Waals surface area contributed by atoms with Crippen molar-refractivity contribution in [2.24, 2.45) is 0 Å². The van der Waals surface area contributed by atoms with Gasteiger partial charge in [-0.05, 0) is 12.5 Å². The molecule has 3 nitrogen and oxygen atoms in total. The first-order valence-corrected chi connectivity index (χ1v) is 6.37. The summed E-state index contributed by atoms with van der Waals surface area (Å²) in [5, 5.41) is 10.2. The fourth-order valence-corrected chi connectivity index (χ4v) is 2.00. The molecule has 0 saturated heterocycles. The molecule has 0 bridgehead atoms. The zero-order valence-electron chi connectivity index (χ0n) is 12.9. The summed E-state index contributed by atoms with van der Waals surface area (Å²) in [6.07, 6.45) is 1.89. The van der Waals surface area contributed by atoms with Crippen LogP contribution in [-0.2, 0) is 30.0 Å². The van der Waals surface area contributed by atoms with E-state index >= 15 is 0 Å². The van der Waals surface area contributed by atoms with Gasteiger partial charge in [-0.1, -0.05) is 36.4 Å². The Bertz CT molecular complexity index is 631. The predicted molar refractivity (Wildman–Crippen MR) is 100 cm³/mol. The van der Waals surface area contributed by atoms with Crippen molar-refractivity contribution in [2.75, 3.05) is 6.61 Å². The Morgan fingerprint density at radius 2 is 1.61 bits per heavy atom. The van der Waals surface area contributed by atoms with Crippen molar-refractivity contribution in [1.29, 1.82) is 0 Å². The molecule has 0 spiro atoms. The number of aliphatic hydroxyl groups excluding tert-OH is 1. The fourth-order valence-electron chi connectivity index (χ4n) is 2.00. The Balaban J connectivity index is 0. The molecule has 0 aliphatic rings. The first-order valence-electron chi connectivity index (χ1n) is 6.37. The third-order valence-electron chi connectivity index (χ3n) is 2.86. The van der Waals surface area contributed by atoms with Crippen molar-refractivity contribution in [3.05, 3.63) is 77.2 Å². The van der Waals surface area contributed by atoms with E-state index in [1.807, 2.05) is 36.6 Å². The molecule has 0 aliphatic carbocycles. The van der Waals surface area contributed by atoms with Gasteiger partial charge in [0, 0.05) is 26.0 Å². The monoisotopic (exact) mass is 441 g/mol. The summed E-state index contributed by atoms with van der Waals surface area (Å²) in [6.45, 7) is 2.13. The van der Waals surface area contributed by atoms with Crippen LogP contribution in [0.5, 0.6) is 0 Å². The van der Waals surface area contributed by atoms with E-state index in [-0.39, 0.29) is 46.2 Å². The van der Waals surface area contributed by atoms with Gasteiger partial charge in [0.05, 0.1) is 12.9 Å². The van der Waals surface area contributed by atoms with Gasteiger partial charge in [0.25, 0.3) is 5.95 Å². The van der Waals surface area contributed by atoms with E-state index in [0.29, 0.717) is 23.3 Å². The molecule has 2 unspecified atom stereocenters. The van der Waals surface area contributed by atoms with Gasteiger partial charge >= 0.3 is 0 Å². The predicted octanol–water partition coefficient (Wildman–Crippen LogP) is 3.57. The summed E-state index contributed by atoms with van der Waals surface area (Å²) in [6, 6.07) is 16.3. The molecule has 0 aromatic heterocycles. The Morgan fingerprint density at radius 1 is 1.04 bits per heavy atom. The second-order valence-electron chi connectivity index (χ2n) is 4.13. The van der Waals surface area contributed by atoms with Gasteiger partial charge in [-0.25, -0.2) is 0 Å². The summed E-state index contributed by atoms with van der Waals surface area (Å²) < 4.78 is 5.22. The molecule has 2 aromatic carbocycles. The van der Waals surface area contributed by atoms with Gasteiger partial charge in [0.1, 0.15) is 0 Å². The molecule has 6 heteroatoms. The molecule has 0 radical (unpaired) electrons. The van der Waals surface area contributed by atoms with Crippen molar-refractivity contribution < 1.29 is 35.1 Å². The molecule has 0 fully saturated rings. The number of carbonyl (C=O) groups excluding carboxylic acids is 1. The summed E-state index contributed by atoms with van der Waals surface area (Å²) in [5.74, 6) is -0.193. The molecule has 2 rings (SSSR count). The number of hydrogen-bond donors (Lipinski definition) is 1. The molecule has 0 saturated carbocycles. The van der Waals surface area contributed by atoms with E-state index in [0.717, 1.165) is 5.56 Å². The zero-order chi connectivity index (χ0) is 14.4. The van der Waals surface area contributed by atoms with Crippen LogP contribution in [0, 0.1) is 0 Å². The van der Waals surface area contributed by atoms with Gasteiger partial charge in [-0.15, -0.1) is 23.3 Å². The molecule has 128 valence electrons. The van der Waals surface area contributed by atoms with Crippen molar-refractivity contribution in [2.45, 2.75) is 6.92 Å². The third-order valence-corrected chi connectivity index (χ3v) is 2.86. The van der Waals surface area contributed by atoms with Crippen LogP contribution >= 0.6 is 19.8 Å². The summed E-state index contributed by atoms with van der Waals surface area (Å²) in [7, 11) is 0. The standard InChI is InChI=1S/C17H15O3.2H3P.Pd/c1-2-20-17(19)16(13-8-4-3-5-9-13)15-11-7-6-10-14(15)12-18;;;/h3-11,19H,2H2,1H3;2*1H3;/q-1;;;/b17-16+;;;. The summed E-state index contributed by atoms with van der Waals surface area (Å²) in [4.78, 5) is 11.1. The zero-order valence-corrected chi connectivity index (χ0v) is 17.3. The van der Waals surface area contributed by atoms with E-state index in [9.17, 15) is 9.90 Å². The van der Waals surface area contributed by atoms with Crippen LogP contribution in [0.4, 0.5) is 0 Å². The number of ether oxygens (including phenoxy) is 1. The quantitative estimate of drug-likeness (QED) is 0.334. The Kier molecular flexibility index (Phi) is 13.1. The molecular formula is C17H21O3P2Pd-. The van der Waals surface area contributed by atoms with Gasteiger partial charge in [-0.2, -0.15) is 25.9 Å². The first-order chi connectivity index (χ1) is 9.77. The Hall–Kier alpha value is -1.03. The Morgan fingerprint density at radius 3 is 2.17 bits per heavy atom. The molecule has 0 heterocycles. The molecular weight excluding hydrogens is 421 g/mol. The Labute approximate surface area is 157 Å². The maximum absolute atomic E-state index is 11.1. The SMILES string of the molecule is CCO/C(O)=C(\c1ccccc1)c1ccccc1[C-]=O.P.P.[Pd]. The average Bonchev–Trinajstić information content (AvgIpc) is 2.49. The number of hydrogen-bond acceptors (Lipinski definition) is 3. The molecule has 1 N–H and O–H groups in total. The number of benzene rings is 2. The summed E-state index contributed by atoms with van der Waals surface area (Å²) >= 11 is 0. The van der Waals surface area contributed by atoms with Crippen LogP contribution in [0.25, 0.3) is 5.57 Å². The van der Waals surface area contributed by atoms with Crippen LogP contribution in [0.15, 0.2) is 60.5 Å². The maximum Gasteiger partial charge on any atom is 0.272 e.